The fourth-order valence-corrected chi connectivity index (χ4v) is 3.24. The Morgan fingerprint density at radius 3 is 2.81 bits per heavy atom. The molecule has 0 spiro atoms. The van der Waals surface area contributed by atoms with Crippen LogP contribution < -0.4 is 5.32 Å². The van der Waals surface area contributed by atoms with Crippen LogP contribution in [0.25, 0.3) is 0 Å². The molecule has 1 heterocycles. The van der Waals surface area contributed by atoms with E-state index in [0.717, 1.165) is 23.8 Å². The summed E-state index contributed by atoms with van der Waals surface area (Å²) in [5, 5.41) is 13.1. The van der Waals surface area contributed by atoms with Gasteiger partial charge in [-0.2, -0.15) is 15.0 Å². The molecule has 1 fully saturated rings. The molecule has 112 valence electrons. The summed E-state index contributed by atoms with van der Waals surface area (Å²) in [4.78, 5) is 1.72. The van der Waals surface area contributed by atoms with Crippen LogP contribution in [-0.2, 0) is 13.1 Å². The number of aromatic nitrogens is 3. The second-order valence-corrected chi connectivity index (χ2v) is 6.04. The van der Waals surface area contributed by atoms with Crippen LogP contribution in [0.1, 0.15) is 43.4 Å². The molecule has 1 saturated carbocycles. The van der Waals surface area contributed by atoms with Crippen molar-refractivity contribution in [3.8, 4) is 0 Å². The molecule has 1 N–H and O–H groups in total. The third-order valence-electron chi connectivity index (χ3n) is 4.23. The van der Waals surface area contributed by atoms with Gasteiger partial charge in [-0.1, -0.05) is 30.2 Å². The van der Waals surface area contributed by atoms with Crippen molar-refractivity contribution in [1.29, 1.82) is 0 Å². The van der Waals surface area contributed by atoms with E-state index in [4.69, 9.17) is 11.6 Å². The van der Waals surface area contributed by atoms with Crippen molar-refractivity contribution in [2.24, 2.45) is 0 Å². The third kappa shape index (κ3) is 3.44. The maximum atomic E-state index is 5.98. The van der Waals surface area contributed by atoms with Crippen molar-refractivity contribution < 1.29 is 0 Å². The number of aryl methyl sites for hydroxylation is 1. The van der Waals surface area contributed by atoms with E-state index in [-0.39, 0.29) is 0 Å². The molecule has 0 aliphatic heterocycles. The van der Waals surface area contributed by atoms with Crippen molar-refractivity contribution in [2.45, 2.75) is 51.2 Å². The van der Waals surface area contributed by atoms with Gasteiger partial charge in [0.25, 0.3) is 0 Å². The second kappa shape index (κ2) is 6.58. The average Bonchev–Trinajstić information content (AvgIpc) is 3.15. The van der Waals surface area contributed by atoms with Gasteiger partial charge in [-0.3, -0.25) is 0 Å². The molecule has 0 amide bonds. The summed E-state index contributed by atoms with van der Waals surface area (Å²) >= 11 is 5.98. The fraction of sp³-hybridized carbons (Fsp3) is 0.500. The lowest BCUT2D eigenvalue weighted by Gasteiger charge is -2.21. The molecule has 0 radical (unpaired) electrons. The number of nitrogens with one attached hydrogen (secondary N) is 1. The number of hydrogen-bond acceptors (Lipinski definition) is 3. The maximum absolute atomic E-state index is 5.98. The second-order valence-electron chi connectivity index (χ2n) is 5.60. The minimum absolute atomic E-state index is 0.512. The Kier molecular flexibility index (Phi) is 4.56. The monoisotopic (exact) mass is 304 g/mol. The highest BCUT2D eigenvalue weighted by molar-refractivity contribution is 6.30. The molecule has 0 saturated heterocycles. The first-order valence-corrected chi connectivity index (χ1v) is 8.02. The Bertz CT molecular complexity index is 578. The predicted octanol–water partition coefficient (Wildman–Crippen LogP) is 3.38. The van der Waals surface area contributed by atoms with E-state index < -0.39 is 0 Å². The van der Waals surface area contributed by atoms with Crippen LogP contribution in [0, 0.1) is 0 Å². The first kappa shape index (κ1) is 14.5. The fourth-order valence-electron chi connectivity index (χ4n) is 3.12. The number of nitrogens with zero attached hydrogens (tertiary/aromatic N) is 3. The lowest BCUT2D eigenvalue weighted by molar-refractivity contribution is 0.470. The van der Waals surface area contributed by atoms with Gasteiger partial charge in [-0.15, -0.1) is 0 Å². The predicted molar refractivity (Wildman–Crippen MR) is 84.4 cm³/mol. The number of rotatable bonds is 5. The zero-order chi connectivity index (χ0) is 14.7. The van der Waals surface area contributed by atoms with E-state index in [2.05, 4.69) is 27.6 Å². The SMILES string of the molecule is CCn1ncc(CNC2CCCC2c2ccc(Cl)cc2)n1. The highest BCUT2D eigenvalue weighted by Crippen LogP contribution is 2.35. The number of halogens is 1. The van der Waals surface area contributed by atoms with Gasteiger partial charge < -0.3 is 5.32 Å². The summed E-state index contributed by atoms with van der Waals surface area (Å²) < 4.78 is 0. The van der Waals surface area contributed by atoms with Crippen LogP contribution in [0.3, 0.4) is 0 Å². The van der Waals surface area contributed by atoms with Crippen molar-refractivity contribution in [1.82, 2.24) is 20.3 Å². The Hall–Kier alpha value is -1.39. The lowest BCUT2D eigenvalue weighted by Crippen LogP contribution is -2.31. The topological polar surface area (TPSA) is 42.7 Å². The molecular weight excluding hydrogens is 284 g/mol. The molecule has 2 atom stereocenters. The smallest absolute Gasteiger partial charge is 0.0965 e. The molecule has 5 heteroatoms. The van der Waals surface area contributed by atoms with Gasteiger partial charge in [0, 0.05) is 17.6 Å². The minimum Gasteiger partial charge on any atom is -0.308 e. The Morgan fingerprint density at radius 1 is 1.29 bits per heavy atom. The van der Waals surface area contributed by atoms with Crippen LogP contribution in [0.5, 0.6) is 0 Å². The molecule has 2 aromatic rings. The van der Waals surface area contributed by atoms with Gasteiger partial charge in [0.1, 0.15) is 0 Å². The van der Waals surface area contributed by atoms with E-state index >= 15 is 0 Å². The highest BCUT2D eigenvalue weighted by Gasteiger charge is 2.28. The van der Waals surface area contributed by atoms with Gasteiger partial charge in [-0.25, -0.2) is 0 Å². The summed E-state index contributed by atoms with van der Waals surface area (Å²) in [6.07, 6.45) is 5.57. The van der Waals surface area contributed by atoms with Crippen molar-refractivity contribution in [3.63, 3.8) is 0 Å². The van der Waals surface area contributed by atoms with Crippen LogP contribution in [-0.4, -0.2) is 21.0 Å². The summed E-state index contributed by atoms with van der Waals surface area (Å²) in [6.45, 7) is 3.65. The Balaban J connectivity index is 1.62. The Morgan fingerprint density at radius 2 is 2.10 bits per heavy atom. The molecule has 1 aliphatic rings. The average molecular weight is 305 g/mol. The molecule has 21 heavy (non-hydrogen) atoms. The molecule has 0 bridgehead atoms. The molecule has 3 rings (SSSR count). The molecule has 2 unspecified atom stereocenters. The van der Waals surface area contributed by atoms with Gasteiger partial charge in [-0.05, 0) is 43.4 Å². The van der Waals surface area contributed by atoms with E-state index in [1.165, 1.54) is 24.8 Å². The lowest BCUT2D eigenvalue weighted by atomic mass is 9.94. The van der Waals surface area contributed by atoms with Gasteiger partial charge in [0.15, 0.2) is 0 Å². The first-order chi connectivity index (χ1) is 10.3. The number of hydrogen-bond donors (Lipinski definition) is 1. The van der Waals surface area contributed by atoms with Crippen molar-refractivity contribution in [3.05, 3.63) is 46.7 Å². The summed E-state index contributed by atoms with van der Waals surface area (Å²) in [5.41, 5.74) is 2.39. The van der Waals surface area contributed by atoms with Gasteiger partial charge in [0.05, 0.1) is 18.4 Å². The van der Waals surface area contributed by atoms with Crippen molar-refractivity contribution in [2.75, 3.05) is 0 Å². The largest absolute Gasteiger partial charge is 0.308 e. The normalized spacial score (nSPS) is 21.8. The molecule has 4 nitrogen and oxygen atoms in total. The minimum atomic E-state index is 0.512. The van der Waals surface area contributed by atoms with E-state index in [1.807, 2.05) is 25.3 Å². The van der Waals surface area contributed by atoms with E-state index in [9.17, 15) is 0 Å². The zero-order valence-corrected chi connectivity index (χ0v) is 13.1. The van der Waals surface area contributed by atoms with Crippen molar-refractivity contribution >= 4 is 11.6 Å². The third-order valence-corrected chi connectivity index (χ3v) is 4.48. The van der Waals surface area contributed by atoms with Crippen LogP contribution in [0.4, 0.5) is 0 Å². The summed E-state index contributed by atoms with van der Waals surface area (Å²) in [7, 11) is 0. The summed E-state index contributed by atoms with van der Waals surface area (Å²) in [6, 6.07) is 8.79. The van der Waals surface area contributed by atoms with Gasteiger partial charge >= 0.3 is 0 Å². The molecular formula is C16H21ClN4. The molecule has 1 aromatic carbocycles. The highest BCUT2D eigenvalue weighted by atomic mass is 35.5. The summed E-state index contributed by atoms with van der Waals surface area (Å²) in [5.74, 6) is 0.573. The molecule has 1 aromatic heterocycles. The van der Waals surface area contributed by atoms with Crippen LogP contribution in [0.15, 0.2) is 30.5 Å². The zero-order valence-electron chi connectivity index (χ0n) is 12.3. The maximum Gasteiger partial charge on any atom is 0.0965 e. The van der Waals surface area contributed by atoms with Gasteiger partial charge in [0.2, 0.25) is 0 Å². The quantitative estimate of drug-likeness (QED) is 0.921. The molecule has 1 aliphatic carbocycles. The van der Waals surface area contributed by atoms with E-state index in [1.54, 1.807) is 4.80 Å². The standard InChI is InChI=1S/C16H21ClN4/c1-2-21-19-11-14(20-21)10-18-16-5-3-4-15(16)12-6-8-13(17)9-7-12/h6-9,11,15-16,18H,2-5,10H2,1H3. The first-order valence-electron chi connectivity index (χ1n) is 7.64. The van der Waals surface area contributed by atoms with Crippen LogP contribution in [0.2, 0.25) is 5.02 Å². The number of benzene rings is 1. The van der Waals surface area contributed by atoms with Crippen LogP contribution >= 0.6 is 11.6 Å². The van der Waals surface area contributed by atoms with E-state index in [0.29, 0.717) is 12.0 Å². The Labute approximate surface area is 130 Å².